The predicted octanol–water partition coefficient (Wildman–Crippen LogP) is 4.72. The maximum Gasteiger partial charge on any atom is 0.338 e. The van der Waals surface area contributed by atoms with Crippen molar-refractivity contribution in [3.05, 3.63) is 95.8 Å². The number of nitriles is 1. The van der Waals surface area contributed by atoms with Crippen LogP contribution >= 0.6 is 22.9 Å². The number of rotatable bonds is 8. The normalized spacial score (nSPS) is 15.1. The van der Waals surface area contributed by atoms with Crippen LogP contribution in [0.2, 0.25) is 5.02 Å². The number of aromatic nitrogens is 2. The summed E-state index contributed by atoms with van der Waals surface area (Å²) in [5.74, 6) is -0.0429. The number of nitrogens with zero attached hydrogens (tertiary/aromatic N) is 4. The highest BCUT2D eigenvalue weighted by Crippen LogP contribution is 2.38. The van der Waals surface area contributed by atoms with Gasteiger partial charge in [0.25, 0.3) is 5.56 Å². The zero-order chi connectivity index (χ0) is 28.4. The minimum absolute atomic E-state index is 0.179. The van der Waals surface area contributed by atoms with E-state index in [9.17, 15) is 14.9 Å². The van der Waals surface area contributed by atoms with Gasteiger partial charge in [0.15, 0.2) is 4.80 Å². The molecule has 0 bridgehead atoms. The van der Waals surface area contributed by atoms with Gasteiger partial charge in [-0.2, -0.15) is 5.26 Å². The van der Waals surface area contributed by atoms with Crippen molar-refractivity contribution in [2.75, 3.05) is 13.7 Å². The topological polar surface area (TPSA) is 98.6 Å². The minimum atomic E-state index is -0.840. The largest absolute Gasteiger partial charge is 0.496 e. The van der Waals surface area contributed by atoms with Gasteiger partial charge in [-0.3, -0.25) is 9.36 Å². The zero-order valence-electron chi connectivity index (χ0n) is 22.3. The fraction of sp³-hybridized carbons (Fsp3) is 0.267. The van der Waals surface area contributed by atoms with Crippen molar-refractivity contribution >= 4 is 45.9 Å². The third-order valence-corrected chi connectivity index (χ3v) is 7.94. The van der Waals surface area contributed by atoms with Crippen molar-refractivity contribution in [3.63, 3.8) is 0 Å². The van der Waals surface area contributed by atoms with E-state index in [-0.39, 0.29) is 18.7 Å². The molecule has 0 amide bonds. The molecule has 2 aromatic carbocycles. The molecule has 2 aromatic heterocycles. The number of methoxy groups -OCH3 is 1. The van der Waals surface area contributed by atoms with Crippen LogP contribution < -0.4 is 19.6 Å². The van der Waals surface area contributed by atoms with Crippen molar-refractivity contribution in [1.29, 1.82) is 5.26 Å². The number of fused-ring (bicyclic) bond motifs is 2. The summed E-state index contributed by atoms with van der Waals surface area (Å²) < 4.78 is 15.0. The van der Waals surface area contributed by atoms with Gasteiger partial charge in [0, 0.05) is 33.2 Å². The van der Waals surface area contributed by atoms with Crippen LogP contribution in [-0.2, 0) is 16.1 Å². The number of halogens is 1. The number of benzene rings is 2. The summed E-state index contributed by atoms with van der Waals surface area (Å²) >= 11 is 7.67. The molecule has 4 aromatic rings. The first-order valence-corrected chi connectivity index (χ1v) is 14.1. The molecule has 0 aliphatic carbocycles. The molecule has 8 nitrogen and oxygen atoms in total. The van der Waals surface area contributed by atoms with Gasteiger partial charge >= 0.3 is 5.97 Å². The average molecular weight is 575 g/mol. The second-order valence-electron chi connectivity index (χ2n) is 9.19. The Labute approximate surface area is 239 Å². The van der Waals surface area contributed by atoms with E-state index >= 15 is 0 Å². The van der Waals surface area contributed by atoms with Gasteiger partial charge in [0.05, 0.1) is 35.6 Å². The fourth-order valence-corrected chi connectivity index (χ4v) is 6.26. The SMILES string of the molecule is CCCC1=C(C(=O)OCC)[C@H](c2cc(Cl)ccc2OC)n2c(s/c(=C/c3cn(CC#N)c4ccccc34)c2=O)=N1. The lowest BCUT2D eigenvalue weighted by atomic mass is 9.93. The van der Waals surface area contributed by atoms with Gasteiger partial charge in [-0.15, -0.1) is 0 Å². The Hall–Kier alpha value is -4.13. The van der Waals surface area contributed by atoms with Gasteiger partial charge in [-0.1, -0.05) is 54.5 Å². The van der Waals surface area contributed by atoms with Crippen LogP contribution in [0.15, 0.2) is 69.7 Å². The quantitative estimate of drug-likeness (QED) is 0.284. The van der Waals surface area contributed by atoms with E-state index in [2.05, 4.69) is 6.07 Å². The summed E-state index contributed by atoms with van der Waals surface area (Å²) in [7, 11) is 1.54. The van der Waals surface area contributed by atoms with Gasteiger partial charge in [-0.05, 0) is 43.7 Å². The lowest BCUT2D eigenvalue weighted by Gasteiger charge is -2.27. The molecule has 0 fully saturated rings. The molecular formula is C30H27ClN4O4S. The van der Waals surface area contributed by atoms with Crippen LogP contribution in [0.1, 0.15) is 43.9 Å². The molecule has 3 heterocycles. The molecule has 1 atom stereocenters. The summed E-state index contributed by atoms with van der Waals surface area (Å²) in [5.41, 5.74) is 2.86. The van der Waals surface area contributed by atoms with Gasteiger partial charge < -0.3 is 14.0 Å². The van der Waals surface area contributed by atoms with Crippen LogP contribution in [0.3, 0.4) is 0 Å². The molecule has 0 radical (unpaired) electrons. The third kappa shape index (κ3) is 4.85. The lowest BCUT2D eigenvalue weighted by Crippen LogP contribution is -2.40. The molecule has 5 rings (SSSR count). The van der Waals surface area contributed by atoms with Crippen molar-refractivity contribution < 1.29 is 14.3 Å². The molecule has 1 aliphatic rings. The van der Waals surface area contributed by atoms with Crippen molar-refractivity contribution in [3.8, 4) is 11.8 Å². The first-order valence-electron chi connectivity index (χ1n) is 12.9. The fourth-order valence-electron chi connectivity index (χ4n) is 5.07. The number of allylic oxidation sites excluding steroid dienone is 1. The number of carbonyl (C=O) groups excluding carboxylic acids is 1. The number of esters is 1. The highest BCUT2D eigenvalue weighted by Gasteiger charge is 2.36. The lowest BCUT2D eigenvalue weighted by molar-refractivity contribution is -0.139. The second-order valence-corrected chi connectivity index (χ2v) is 10.6. The highest BCUT2D eigenvalue weighted by molar-refractivity contribution is 7.07. The molecule has 0 spiro atoms. The summed E-state index contributed by atoms with van der Waals surface area (Å²) in [6, 6.07) is 14.2. The monoisotopic (exact) mass is 574 g/mol. The number of carbonyl (C=O) groups is 1. The zero-order valence-corrected chi connectivity index (χ0v) is 23.9. The molecule has 204 valence electrons. The Balaban J connectivity index is 1.81. The maximum absolute atomic E-state index is 14.1. The number of ether oxygens (including phenoxy) is 2. The van der Waals surface area contributed by atoms with E-state index in [1.807, 2.05) is 48.0 Å². The van der Waals surface area contributed by atoms with Crippen molar-refractivity contribution in [2.45, 2.75) is 39.3 Å². The van der Waals surface area contributed by atoms with Crippen LogP contribution in [0.25, 0.3) is 17.0 Å². The van der Waals surface area contributed by atoms with E-state index in [1.54, 1.807) is 25.1 Å². The Morgan fingerprint density at radius 3 is 2.77 bits per heavy atom. The summed E-state index contributed by atoms with van der Waals surface area (Å²) in [5, 5.41) is 10.7. The van der Waals surface area contributed by atoms with Crippen molar-refractivity contribution in [1.82, 2.24) is 9.13 Å². The molecule has 1 aliphatic heterocycles. The third-order valence-electron chi connectivity index (χ3n) is 6.73. The molecule has 40 heavy (non-hydrogen) atoms. The molecule has 0 saturated carbocycles. The van der Waals surface area contributed by atoms with E-state index in [1.165, 1.54) is 23.0 Å². The Kier molecular flexibility index (Phi) is 7.92. The maximum atomic E-state index is 14.1. The summed E-state index contributed by atoms with van der Waals surface area (Å²) in [6.45, 7) is 4.11. The molecule has 0 N–H and O–H groups in total. The molecule has 10 heteroatoms. The number of thiazole rings is 1. The highest BCUT2D eigenvalue weighted by atomic mass is 35.5. The number of hydrogen-bond donors (Lipinski definition) is 0. The second kappa shape index (κ2) is 11.5. The van der Waals surface area contributed by atoms with Crippen molar-refractivity contribution in [2.24, 2.45) is 4.99 Å². The number of para-hydroxylation sites is 1. The van der Waals surface area contributed by atoms with E-state index in [4.69, 9.17) is 26.1 Å². The molecule has 0 unspecified atom stereocenters. The van der Waals surface area contributed by atoms with Crippen LogP contribution in [0.4, 0.5) is 0 Å². The standard InChI is InChI=1S/C30H27ClN4O4S/c1-4-8-22-26(29(37)39-5-2)27(21-16-19(31)11-12-24(21)38-3)35-28(36)25(40-30(35)33-22)15-18-17-34(14-13-32)23-10-7-6-9-20(18)23/h6-7,9-12,15-17,27H,4-5,8,14H2,1-3H3/b25-15+/t27-/m0/s1. The predicted molar refractivity (Wildman–Crippen MR) is 155 cm³/mol. The van der Waals surface area contributed by atoms with Crippen LogP contribution in [0.5, 0.6) is 5.75 Å². The molecular weight excluding hydrogens is 548 g/mol. The Morgan fingerprint density at radius 2 is 2.05 bits per heavy atom. The summed E-state index contributed by atoms with van der Waals surface area (Å²) in [4.78, 5) is 32.8. The van der Waals surface area contributed by atoms with Gasteiger partial charge in [-0.25, -0.2) is 9.79 Å². The molecule has 0 saturated heterocycles. The van der Waals surface area contributed by atoms with Gasteiger partial charge in [0.2, 0.25) is 0 Å². The Morgan fingerprint density at radius 1 is 1.25 bits per heavy atom. The van der Waals surface area contributed by atoms with E-state index in [0.717, 1.165) is 22.9 Å². The smallest absolute Gasteiger partial charge is 0.338 e. The summed E-state index contributed by atoms with van der Waals surface area (Å²) in [6.07, 6.45) is 4.96. The van der Waals surface area contributed by atoms with Gasteiger partial charge in [0.1, 0.15) is 18.3 Å². The van der Waals surface area contributed by atoms with E-state index in [0.29, 0.717) is 43.4 Å². The Bertz CT molecular complexity index is 1880. The van der Waals surface area contributed by atoms with E-state index < -0.39 is 12.0 Å². The van der Waals surface area contributed by atoms with Crippen LogP contribution in [-0.4, -0.2) is 28.8 Å². The first kappa shape index (κ1) is 27.4. The van der Waals surface area contributed by atoms with Crippen LogP contribution in [0, 0.1) is 11.3 Å². The average Bonchev–Trinajstić information content (AvgIpc) is 3.45. The first-order chi connectivity index (χ1) is 19.4. The number of hydrogen-bond acceptors (Lipinski definition) is 7. The minimum Gasteiger partial charge on any atom is -0.496 e.